The number of hydrogen-bond acceptors (Lipinski definition) is 7. The third-order valence-electron chi connectivity index (χ3n) is 7.18. The van der Waals surface area contributed by atoms with Crippen molar-refractivity contribution in [1.82, 2.24) is 29.4 Å². The normalized spacial score (nSPS) is 12.8. The van der Waals surface area contributed by atoms with Gasteiger partial charge in [-0.1, -0.05) is 17.7 Å². The van der Waals surface area contributed by atoms with E-state index in [0.29, 0.717) is 27.9 Å². The minimum absolute atomic E-state index is 0.0550. The van der Waals surface area contributed by atoms with Gasteiger partial charge < -0.3 is 14.7 Å². The van der Waals surface area contributed by atoms with E-state index >= 15 is 0 Å². The van der Waals surface area contributed by atoms with E-state index in [-0.39, 0.29) is 46.8 Å². The van der Waals surface area contributed by atoms with Gasteiger partial charge in [-0.2, -0.15) is 18.3 Å². The summed E-state index contributed by atoms with van der Waals surface area (Å²) in [4.78, 5) is 25.8. The summed E-state index contributed by atoms with van der Waals surface area (Å²) in [6, 6.07) is 9.20. The van der Waals surface area contributed by atoms with Crippen molar-refractivity contribution in [2.24, 2.45) is 0 Å². The van der Waals surface area contributed by atoms with Crippen molar-refractivity contribution in [3.8, 4) is 17.0 Å². The zero-order valence-corrected chi connectivity index (χ0v) is 24.6. The van der Waals surface area contributed by atoms with Crippen molar-refractivity contribution in [3.63, 3.8) is 0 Å². The lowest BCUT2D eigenvalue weighted by Crippen LogP contribution is -2.43. The average molecular weight is 605 g/mol. The molecule has 3 heterocycles. The fraction of sp³-hybridized carbons (Fsp3) is 0.379. The third kappa shape index (κ3) is 6.20. The first-order chi connectivity index (χ1) is 19.9. The molecule has 0 saturated carbocycles. The number of carbonyl (C=O) groups excluding carboxylic acids is 1. The number of pyridine rings is 1. The quantitative estimate of drug-likeness (QED) is 0.246. The Morgan fingerprint density at radius 2 is 1.86 bits per heavy atom. The van der Waals surface area contributed by atoms with Crippen molar-refractivity contribution in [2.75, 3.05) is 33.9 Å². The van der Waals surface area contributed by atoms with Crippen molar-refractivity contribution >= 4 is 23.2 Å². The molecule has 0 radical (unpaired) electrons. The van der Waals surface area contributed by atoms with Crippen LogP contribution >= 0.6 is 11.6 Å². The predicted molar refractivity (Wildman–Crippen MR) is 153 cm³/mol. The molecular formula is C29H32ClF3N6O3. The molecule has 0 fully saturated rings. The monoisotopic (exact) mass is 604 g/mol. The second-order valence-corrected chi connectivity index (χ2v) is 10.5. The number of ether oxygens (including phenoxy) is 1. The summed E-state index contributed by atoms with van der Waals surface area (Å²) >= 11 is 6.24. The number of aromatic nitrogens is 4. The van der Waals surface area contributed by atoms with Gasteiger partial charge in [-0.15, -0.1) is 0 Å². The van der Waals surface area contributed by atoms with Crippen molar-refractivity contribution < 1.29 is 27.8 Å². The van der Waals surface area contributed by atoms with Gasteiger partial charge in [0.1, 0.15) is 16.5 Å². The number of amides is 1. The van der Waals surface area contributed by atoms with Crippen LogP contribution in [0.2, 0.25) is 5.15 Å². The van der Waals surface area contributed by atoms with Crippen LogP contribution < -0.4 is 4.74 Å². The maximum Gasteiger partial charge on any atom is 0.433 e. The Kier molecular flexibility index (Phi) is 9.39. The minimum Gasteiger partial charge on any atom is -0.497 e. The number of benzene rings is 1. The molecule has 1 amide bonds. The molecule has 9 nitrogen and oxygen atoms in total. The fourth-order valence-corrected chi connectivity index (χ4v) is 5.13. The highest BCUT2D eigenvalue weighted by atomic mass is 35.5. The van der Waals surface area contributed by atoms with Gasteiger partial charge >= 0.3 is 6.18 Å². The van der Waals surface area contributed by atoms with Gasteiger partial charge in [0.05, 0.1) is 31.6 Å². The highest BCUT2D eigenvalue weighted by Gasteiger charge is 2.39. The van der Waals surface area contributed by atoms with Gasteiger partial charge in [-0.25, -0.2) is 14.5 Å². The van der Waals surface area contributed by atoms with Crippen LogP contribution in [0.1, 0.15) is 47.1 Å². The topological polar surface area (TPSA) is 96.1 Å². The molecule has 1 atom stereocenters. The molecule has 0 saturated heterocycles. The van der Waals surface area contributed by atoms with Gasteiger partial charge in [0.25, 0.3) is 5.91 Å². The molecule has 1 aromatic carbocycles. The summed E-state index contributed by atoms with van der Waals surface area (Å²) in [6.45, 7) is 5.27. The Bertz CT molecular complexity index is 1560. The molecule has 1 N–H and O–H groups in total. The summed E-state index contributed by atoms with van der Waals surface area (Å²) in [5, 5.41) is 14.3. The molecular weight excluding hydrogens is 573 g/mol. The molecule has 3 aromatic heterocycles. The van der Waals surface area contributed by atoms with Crippen molar-refractivity contribution in [1.29, 1.82) is 0 Å². The van der Waals surface area contributed by atoms with Crippen LogP contribution in [-0.4, -0.2) is 80.3 Å². The molecule has 224 valence electrons. The average Bonchev–Trinajstić information content (AvgIpc) is 3.36. The Morgan fingerprint density at radius 3 is 2.43 bits per heavy atom. The summed E-state index contributed by atoms with van der Waals surface area (Å²) in [5.41, 5.74) is -0.214. The maximum atomic E-state index is 14.3. The van der Waals surface area contributed by atoms with Crippen molar-refractivity contribution in [2.45, 2.75) is 39.0 Å². The number of nitrogens with zero attached hydrogens (tertiary/aromatic N) is 6. The first kappa shape index (κ1) is 31.2. The van der Waals surface area contributed by atoms with E-state index in [9.17, 15) is 23.1 Å². The van der Waals surface area contributed by atoms with E-state index < -0.39 is 23.8 Å². The summed E-state index contributed by atoms with van der Waals surface area (Å²) in [5.74, 6) is 0.0269. The standard InChI is InChI=1S/C29H32ClF3N6O3/c1-17(2)38(14-13-37(4)23(16-40)21-7-6-12-34-26(21)30)28(41)22-15-35-39-25(29(31,32)33)18(3)24(36-27(22)39)19-8-10-20(42-5)11-9-19/h6-12,15,17,23,40H,13-14,16H2,1-5H3. The number of alkyl halides is 3. The van der Waals surface area contributed by atoms with Crippen LogP contribution in [0.5, 0.6) is 5.75 Å². The molecule has 0 aliphatic carbocycles. The Hall–Kier alpha value is -3.74. The second-order valence-electron chi connectivity index (χ2n) is 10.1. The Balaban J connectivity index is 1.71. The van der Waals surface area contributed by atoms with Gasteiger partial charge in [0.2, 0.25) is 0 Å². The zero-order chi connectivity index (χ0) is 30.8. The van der Waals surface area contributed by atoms with E-state index in [1.54, 1.807) is 49.6 Å². The second kappa shape index (κ2) is 12.6. The predicted octanol–water partition coefficient (Wildman–Crippen LogP) is 5.30. The SMILES string of the molecule is COc1ccc(-c2nc3c(C(=O)N(CCN(C)C(CO)c4cccnc4Cl)C(C)C)cnn3c(C(F)(F)F)c2C)cc1. The zero-order valence-electron chi connectivity index (χ0n) is 23.9. The number of halogens is 4. The smallest absolute Gasteiger partial charge is 0.433 e. The highest BCUT2D eigenvalue weighted by Crippen LogP contribution is 2.37. The number of methoxy groups -OCH3 is 1. The number of carbonyl (C=O) groups is 1. The highest BCUT2D eigenvalue weighted by molar-refractivity contribution is 6.30. The number of aliphatic hydroxyl groups is 1. The Morgan fingerprint density at radius 1 is 1.17 bits per heavy atom. The van der Waals surface area contributed by atoms with Gasteiger partial charge in [-0.3, -0.25) is 9.69 Å². The van der Waals surface area contributed by atoms with Crippen LogP contribution in [0, 0.1) is 6.92 Å². The van der Waals surface area contributed by atoms with Crippen molar-refractivity contribution in [3.05, 3.63) is 76.3 Å². The fourth-order valence-electron chi connectivity index (χ4n) is 4.88. The number of likely N-dealkylation sites (N-methyl/N-ethyl adjacent to an activating group) is 1. The summed E-state index contributed by atoms with van der Waals surface area (Å²) < 4.78 is 48.9. The molecule has 4 rings (SSSR count). The van der Waals surface area contributed by atoms with Crippen LogP contribution in [0.25, 0.3) is 16.9 Å². The number of rotatable bonds is 10. The summed E-state index contributed by atoms with van der Waals surface area (Å²) in [6.07, 6.45) is -2.08. The molecule has 0 aliphatic heterocycles. The first-order valence-corrected chi connectivity index (χ1v) is 13.6. The van der Waals surface area contributed by atoms with Crippen LogP contribution in [0.4, 0.5) is 13.2 Å². The largest absolute Gasteiger partial charge is 0.497 e. The lowest BCUT2D eigenvalue weighted by atomic mass is 10.0. The third-order valence-corrected chi connectivity index (χ3v) is 7.49. The van der Waals surface area contributed by atoms with E-state index in [0.717, 1.165) is 6.20 Å². The van der Waals surface area contributed by atoms with Crippen LogP contribution in [-0.2, 0) is 6.18 Å². The first-order valence-electron chi connectivity index (χ1n) is 13.2. The molecule has 0 bridgehead atoms. The molecule has 13 heteroatoms. The van der Waals surface area contributed by atoms with Gasteiger partial charge in [0, 0.05) is 42.0 Å². The van der Waals surface area contributed by atoms with E-state index in [1.807, 2.05) is 18.7 Å². The number of fused-ring (bicyclic) bond motifs is 1. The molecule has 0 aliphatic rings. The maximum absolute atomic E-state index is 14.3. The van der Waals surface area contributed by atoms with Crippen LogP contribution in [0.15, 0.2) is 48.8 Å². The van der Waals surface area contributed by atoms with Gasteiger partial charge in [-0.05, 0) is 58.2 Å². The van der Waals surface area contributed by atoms with E-state index in [1.165, 1.54) is 18.9 Å². The lowest BCUT2D eigenvalue weighted by molar-refractivity contribution is -0.143. The van der Waals surface area contributed by atoms with Gasteiger partial charge in [0.15, 0.2) is 11.3 Å². The van der Waals surface area contributed by atoms with Crippen LogP contribution in [0.3, 0.4) is 0 Å². The number of hydrogen-bond donors (Lipinski definition) is 1. The molecule has 4 aromatic rings. The minimum atomic E-state index is -4.76. The molecule has 42 heavy (non-hydrogen) atoms. The van der Waals surface area contributed by atoms with E-state index in [2.05, 4.69) is 15.1 Å². The van der Waals surface area contributed by atoms with E-state index in [4.69, 9.17) is 16.3 Å². The molecule has 0 spiro atoms. The Labute approximate surface area is 246 Å². The lowest BCUT2D eigenvalue weighted by Gasteiger charge is -2.32. The number of aliphatic hydroxyl groups excluding tert-OH is 1. The summed E-state index contributed by atoms with van der Waals surface area (Å²) in [7, 11) is 3.27. The molecule has 1 unspecified atom stereocenters.